The number of amides is 1. The third-order valence-corrected chi connectivity index (χ3v) is 5.43. The molecule has 3 rings (SSSR count). The lowest BCUT2D eigenvalue weighted by atomic mass is 9.97. The first kappa shape index (κ1) is 19.4. The highest BCUT2D eigenvalue weighted by Gasteiger charge is 2.11. The molecule has 0 spiro atoms. The monoisotopic (exact) mass is 387 g/mol. The van der Waals surface area contributed by atoms with Crippen LogP contribution in [0.25, 0.3) is 0 Å². The van der Waals surface area contributed by atoms with Crippen molar-refractivity contribution in [3.8, 4) is 5.75 Å². The molecule has 0 saturated carbocycles. The second-order valence-electron chi connectivity index (χ2n) is 6.46. The lowest BCUT2D eigenvalue weighted by Gasteiger charge is -2.12. The molecule has 1 aromatic carbocycles. The number of benzene rings is 1. The van der Waals surface area contributed by atoms with E-state index in [2.05, 4.69) is 26.9 Å². The van der Waals surface area contributed by atoms with Gasteiger partial charge in [-0.1, -0.05) is 35.5 Å². The van der Waals surface area contributed by atoms with E-state index in [1.807, 2.05) is 24.3 Å². The van der Waals surface area contributed by atoms with Gasteiger partial charge in [-0.3, -0.25) is 4.79 Å². The van der Waals surface area contributed by atoms with Gasteiger partial charge in [0.05, 0.1) is 19.4 Å². The number of thioether (sulfide) groups is 1. The van der Waals surface area contributed by atoms with Crippen LogP contribution in [-0.4, -0.2) is 45.5 Å². The molecular formula is C19H25N5O2S. The van der Waals surface area contributed by atoms with Crippen molar-refractivity contribution in [3.63, 3.8) is 0 Å². The molecule has 1 N–H and O–H groups in total. The van der Waals surface area contributed by atoms with Gasteiger partial charge in [-0.15, -0.1) is 5.10 Å². The Morgan fingerprint density at radius 1 is 1.30 bits per heavy atom. The molecule has 1 aliphatic rings. The van der Waals surface area contributed by atoms with E-state index in [1.165, 1.54) is 43.0 Å². The van der Waals surface area contributed by atoms with E-state index in [9.17, 15) is 4.79 Å². The number of aromatic nitrogens is 4. The van der Waals surface area contributed by atoms with Gasteiger partial charge in [0.1, 0.15) is 5.75 Å². The Morgan fingerprint density at radius 3 is 2.89 bits per heavy atom. The number of nitrogens with one attached hydrogen (secondary N) is 1. The van der Waals surface area contributed by atoms with Crippen LogP contribution in [0.2, 0.25) is 0 Å². The van der Waals surface area contributed by atoms with Gasteiger partial charge >= 0.3 is 0 Å². The second-order valence-corrected chi connectivity index (χ2v) is 7.41. The van der Waals surface area contributed by atoms with Gasteiger partial charge in [0.25, 0.3) is 0 Å². The maximum atomic E-state index is 12.1. The molecule has 0 unspecified atom stereocenters. The normalized spacial score (nSPS) is 13.9. The molecular weight excluding hydrogens is 362 g/mol. The van der Waals surface area contributed by atoms with E-state index >= 15 is 0 Å². The average molecular weight is 388 g/mol. The van der Waals surface area contributed by atoms with Gasteiger partial charge in [-0.2, -0.15) is 0 Å². The van der Waals surface area contributed by atoms with Gasteiger partial charge in [-0.25, -0.2) is 4.68 Å². The third-order valence-electron chi connectivity index (χ3n) is 4.48. The molecule has 1 aromatic heterocycles. The summed E-state index contributed by atoms with van der Waals surface area (Å²) in [5.41, 5.74) is 2.53. The van der Waals surface area contributed by atoms with Gasteiger partial charge in [0.2, 0.25) is 11.1 Å². The van der Waals surface area contributed by atoms with E-state index < -0.39 is 0 Å². The largest absolute Gasteiger partial charge is 0.497 e. The Kier molecular flexibility index (Phi) is 7.27. The molecule has 0 aliphatic heterocycles. The summed E-state index contributed by atoms with van der Waals surface area (Å²) in [5.74, 6) is 1.13. The average Bonchev–Trinajstić information content (AvgIpc) is 3.15. The summed E-state index contributed by atoms with van der Waals surface area (Å²) in [4.78, 5) is 12.1. The first-order chi connectivity index (χ1) is 13.2. The van der Waals surface area contributed by atoms with E-state index in [1.54, 1.807) is 11.8 Å². The minimum Gasteiger partial charge on any atom is -0.497 e. The zero-order chi connectivity index (χ0) is 18.9. The van der Waals surface area contributed by atoms with Crippen LogP contribution in [0.3, 0.4) is 0 Å². The fraction of sp³-hybridized carbons (Fsp3) is 0.474. The summed E-state index contributed by atoms with van der Waals surface area (Å²) in [6.07, 6.45) is 8.17. The standard InChI is InChI=1S/C19H25N5O2S/c1-26-17-9-7-16(8-10-17)13-24-19(21-22-23-24)27-14-18(25)20-12-11-15-5-3-2-4-6-15/h5,7-10H,2-4,6,11-14H2,1H3,(H,20,25). The Labute approximate surface area is 163 Å². The Hall–Kier alpha value is -2.35. The molecule has 1 heterocycles. The Balaban J connectivity index is 1.43. The van der Waals surface area contributed by atoms with Crippen LogP contribution in [-0.2, 0) is 11.3 Å². The lowest BCUT2D eigenvalue weighted by Crippen LogP contribution is -2.26. The zero-order valence-electron chi connectivity index (χ0n) is 15.6. The van der Waals surface area contributed by atoms with E-state index in [4.69, 9.17) is 4.74 Å². The summed E-state index contributed by atoms with van der Waals surface area (Å²) in [6, 6.07) is 7.76. The number of ether oxygens (including phenoxy) is 1. The van der Waals surface area contributed by atoms with Crippen molar-refractivity contribution in [2.75, 3.05) is 19.4 Å². The number of nitrogens with zero attached hydrogens (tertiary/aromatic N) is 4. The minimum absolute atomic E-state index is 0.00964. The molecule has 0 radical (unpaired) electrons. The van der Waals surface area contributed by atoms with Crippen LogP contribution in [0.5, 0.6) is 5.75 Å². The van der Waals surface area contributed by atoms with E-state index in [-0.39, 0.29) is 5.91 Å². The van der Waals surface area contributed by atoms with Crippen LogP contribution in [0, 0.1) is 0 Å². The summed E-state index contributed by atoms with van der Waals surface area (Å²) in [5, 5.41) is 15.4. The van der Waals surface area contributed by atoms with Crippen LogP contribution < -0.4 is 10.1 Å². The number of methoxy groups -OCH3 is 1. The number of carbonyl (C=O) groups is 1. The summed E-state index contributed by atoms with van der Waals surface area (Å²) < 4.78 is 6.87. The molecule has 27 heavy (non-hydrogen) atoms. The fourth-order valence-electron chi connectivity index (χ4n) is 2.98. The van der Waals surface area contributed by atoms with Gasteiger partial charge in [-0.05, 0) is 60.2 Å². The fourth-order valence-corrected chi connectivity index (χ4v) is 3.68. The predicted octanol–water partition coefficient (Wildman–Crippen LogP) is 2.83. The maximum Gasteiger partial charge on any atom is 0.230 e. The smallest absolute Gasteiger partial charge is 0.230 e. The Bertz CT molecular complexity index is 773. The summed E-state index contributed by atoms with van der Waals surface area (Å²) in [7, 11) is 1.64. The lowest BCUT2D eigenvalue weighted by molar-refractivity contribution is -0.118. The molecule has 7 nitrogen and oxygen atoms in total. The van der Waals surface area contributed by atoms with Crippen molar-refractivity contribution in [2.24, 2.45) is 0 Å². The summed E-state index contributed by atoms with van der Waals surface area (Å²) in [6.45, 7) is 1.25. The molecule has 144 valence electrons. The van der Waals surface area contributed by atoms with Crippen molar-refractivity contribution in [3.05, 3.63) is 41.5 Å². The van der Waals surface area contributed by atoms with Crippen molar-refractivity contribution in [1.82, 2.24) is 25.5 Å². The SMILES string of the molecule is COc1ccc(Cn2nnnc2SCC(=O)NCCC2=CCCCC2)cc1. The molecule has 1 aliphatic carbocycles. The molecule has 2 aromatic rings. The number of hydrogen-bond acceptors (Lipinski definition) is 6. The number of rotatable bonds is 9. The quantitative estimate of drug-likeness (QED) is 0.526. The van der Waals surface area contributed by atoms with Crippen molar-refractivity contribution in [2.45, 2.75) is 43.8 Å². The number of carbonyl (C=O) groups excluding carboxylic acids is 1. The first-order valence-electron chi connectivity index (χ1n) is 9.21. The van der Waals surface area contributed by atoms with Crippen molar-refractivity contribution < 1.29 is 9.53 Å². The minimum atomic E-state index is 0.00964. The van der Waals surface area contributed by atoms with Crippen LogP contribution in [0.15, 0.2) is 41.1 Å². The van der Waals surface area contributed by atoms with Gasteiger partial charge in [0, 0.05) is 6.54 Å². The van der Waals surface area contributed by atoms with Crippen LogP contribution >= 0.6 is 11.8 Å². The van der Waals surface area contributed by atoms with Gasteiger partial charge in [0.15, 0.2) is 0 Å². The highest BCUT2D eigenvalue weighted by Crippen LogP contribution is 2.20. The van der Waals surface area contributed by atoms with Gasteiger partial charge < -0.3 is 10.1 Å². The van der Waals surface area contributed by atoms with Crippen LogP contribution in [0.4, 0.5) is 0 Å². The molecule has 0 bridgehead atoms. The second kappa shape index (κ2) is 10.1. The Morgan fingerprint density at radius 2 is 2.15 bits per heavy atom. The molecule has 0 saturated heterocycles. The first-order valence-corrected chi connectivity index (χ1v) is 10.2. The third kappa shape index (κ3) is 6.09. The van der Waals surface area contributed by atoms with Crippen LogP contribution in [0.1, 0.15) is 37.7 Å². The maximum absolute atomic E-state index is 12.1. The molecule has 0 fully saturated rings. The zero-order valence-corrected chi connectivity index (χ0v) is 16.4. The molecule has 0 atom stereocenters. The topological polar surface area (TPSA) is 81.9 Å². The number of tetrazole rings is 1. The van der Waals surface area contributed by atoms with E-state index in [0.29, 0.717) is 24.0 Å². The summed E-state index contributed by atoms with van der Waals surface area (Å²) >= 11 is 1.35. The number of hydrogen-bond donors (Lipinski definition) is 1. The van der Waals surface area contributed by atoms with E-state index in [0.717, 1.165) is 17.7 Å². The molecule has 8 heteroatoms. The highest BCUT2D eigenvalue weighted by molar-refractivity contribution is 7.99. The van der Waals surface area contributed by atoms with Crippen molar-refractivity contribution >= 4 is 17.7 Å². The number of allylic oxidation sites excluding steroid dienone is 1. The van der Waals surface area contributed by atoms with Crippen molar-refractivity contribution in [1.29, 1.82) is 0 Å². The highest BCUT2D eigenvalue weighted by atomic mass is 32.2. The predicted molar refractivity (Wildman–Crippen MR) is 105 cm³/mol. The molecule has 1 amide bonds.